The topological polar surface area (TPSA) is 103 Å². The molecule has 0 unspecified atom stereocenters. The number of esters is 2. The largest absolute Gasteiger partial charge is 0.490 e. The SMILES string of the molecule is COC(=O)CCc1c(C)nn(-c2ccc(C(=O)OCCOc3ccc(C#N)cc3)cc2)c1C. The monoisotopic (exact) mass is 447 g/mol. The molecule has 0 saturated heterocycles. The number of carbonyl (C=O) groups excluding carboxylic acids is 2. The first-order valence-corrected chi connectivity index (χ1v) is 10.5. The Bertz CT molecular complexity index is 1160. The van der Waals surface area contributed by atoms with Crippen LogP contribution in [-0.4, -0.2) is 42.0 Å². The number of nitriles is 1. The lowest BCUT2D eigenvalue weighted by Gasteiger charge is -2.09. The Morgan fingerprint density at radius 2 is 1.73 bits per heavy atom. The Morgan fingerprint density at radius 3 is 2.36 bits per heavy atom. The minimum Gasteiger partial charge on any atom is -0.490 e. The molecule has 8 heteroatoms. The lowest BCUT2D eigenvalue weighted by molar-refractivity contribution is -0.140. The third-order valence-electron chi connectivity index (χ3n) is 5.16. The molecule has 3 aromatic rings. The first-order valence-electron chi connectivity index (χ1n) is 10.5. The van der Waals surface area contributed by atoms with Crippen molar-refractivity contribution in [1.29, 1.82) is 5.26 Å². The van der Waals surface area contributed by atoms with Crippen LogP contribution in [0.1, 0.15) is 39.3 Å². The third kappa shape index (κ3) is 5.98. The van der Waals surface area contributed by atoms with Crippen LogP contribution < -0.4 is 4.74 Å². The van der Waals surface area contributed by atoms with Crippen molar-refractivity contribution in [3.05, 3.63) is 76.6 Å². The maximum absolute atomic E-state index is 12.3. The number of aryl methyl sites for hydroxylation is 1. The fourth-order valence-corrected chi connectivity index (χ4v) is 3.36. The summed E-state index contributed by atoms with van der Waals surface area (Å²) < 4.78 is 17.3. The van der Waals surface area contributed by atoms with Gasteiger partial charge in [-0.3, -0.25) is 4.79 Å². The van der Waals surface area contributed by atoms with E-state index in [9.17, 15) is 9.59 Å². The minimum atomic E-state index is -0.447. The van der Waals surface area contributed by atoms with E-state index in [-0.39, 0.29) is 19.2 Å². The molecule has 0 fully saturated rings. The van der Waals surface area contributed by atoms with Gasteiger partial charge >= 0.3 is 11.9 Å². The summed E-state index contributed by atoms with van der Waals surface area (Å²) in [5, 5.41) is 13.4. The van der Waals surface area contributed by atoms with Crippen molar-refractivity contribution in [3.63, 3.8) is 0 Å². The predicted octanol–water partition coefficient (Wildman–Crippen LogP) is 3.70. The van der Waals surface area contributed by atoms with Gasteiger partial charge in [-0.25, -0.2) is 9.48 Å². The van der Waals surface area contributed by atoms with Gasteiger partial charge in [0.25, 0.3) is 0 Å². The quantitative estimate of drug-likeness (QED) is 0.364. The molecule has 170 valence electrons. The highest BCUT2D eigenvalue weighted by molar-refractivity contribution is 5.89. The summed E-state index contributed by atoms with van der Waals surface area (Å²) in [5.74, 6) is -0.103. The second-order valence-corrected chi connectivity index (χ2v) is 7.30. The van der Waals surface area contributed by atoms with Crippen molar-refractivity contribution in [3.8, 4) is 17.5 Å². The standard InChI is InChI=1S/C25H25N3O5/c1-17-23(12-13-24(29)31-3)18(2)28(27-17)21-8-6-20(7-9-21)25(30)33-15-14-32-22-10-4-19(16-26)5-11-22/h4-11H,12-15H2,1-3H3. The van der Waals surface area contributed by atoms with Crippen LogP contribution in [-0.2, 0) is 20.7 Å². The summed E-state index contributed by atoms with van der Waals surface area (Å²) in [7, 11) is 1.38. The van der Waals surface area contributed by atoms with Crippen LogP contribution in [0.25, 0.3) is 5.69 Å². The van der Waals surface area contributed by atoms with Gasteiger partial charge in [-0.2, -0.15) is 10.4 Å². The zero-order valence-corrected chi connectivity index (χ0v) is 18.8. The van der Waals surface area contributed by atoms with E-state index in [0.717, 1.165) is 22.6 Å². The molecule has 3 rings (SSSR count). The number of hydrogen-bond donors (Lipinski definition) is 0. The second kappa shape index (κ2) is 11.0. The van der Waals surface area contributed by atoms with Gasteiger partial charge in [0.1, 0.15) is 19.0 Å². The lowest BCUT2D eigenvalue weighted by atomic mass is 10.1. The molecule has 1 aromatic heterocycles. The fraction of sp³-hybridized carbons (Fsp3) is 0.280. The molecular formula is C25H25N3O5. The number of nitrogens with zero attached hydrogens (tertiary/aromatic N) is 3. The number of benzene rings is 2. The van der Waals surface area contributed by atoms with E-state index in [1.807, 2.05) is 19.9 Å². The summed E-state index contributed by atoms with van der Waals surface area (Å²) in [4.78, 5) is 23.8. The Kier molecular flexibility index (Phi) is 7.82. The molecule has 2 aromatic carbocycles. The van der Waals surface area contributed by atoms with E-state index < -0.39 is 5.97 Å². The van der Waals surface area contributed by atoms with Gasteiger partial charge in [0, 0.05) is 12.1 Å². The van der Waals surface area contributed by atoms with Crippen LogP contribution in [0, 0.1) is 25.2 Å². The van der Waals surface area contributed by atoms with Gasteiger partial charge in [-0.1, -0.05) is 0 Å². The lowest BCUT2D eigenvalue weighted by Crippen LogP contribution is -2.12. The first-order chi connectivity index (χ1) is 15.9. The van der Waals surface area contributed by atoms with Gasteiger partial charge in [-0.05, 0) is 74.4 Å². The molecule has 0 atom stereocenters. The summed E-state index contributed by atoms with van der Waals surface area (Å²) in [6.07, 6.45) is 0.850. The van der Waals surface area contributed by atoms with Crippen molar-refractivity contribution in [1.82, 2.24) is 9.78 Å². The van der Waals surface area contributed by atoms with Crippen molar-refractivity contribution in [2.24, 2.45) is 0 Å². The van der Waals surface area contributed by atoms with Gasteiger partial charge < -0.3 is 14.2 Å². The highest BCUT2D eigenvalue weighted by Gasteiger charge is 2.15. The van der Waals surface area contributed by atoms with E-state index in [1.54, 1.807) is 53.2 Å². The van der Waals surface area contributed by atoms with E-state index in [4.69, 9.17) is 19.5 Å². The van der Waals surface area contributed by atoms with Crippen molar-refractivity contribution in [2.45, 2.75) is 26.7 Å². The highest BCUT2D eigenvalue weighted by Crippen LogP contribution is 2.20. The van der Waals surface area contributed by atoms with Crippen LogP contribution in [0.4, 0.5) is 0 Å². The van der Waals surface area contributed by atoms with Crippen molar-refractivity contribution in [2.75, 3.05) is 20.3 Å². The molecule has 0 spiro atoms. The van der Waals surface area contributed by atoms with Crippen LogP contribution in [0.2, 0.25) is 0 Å². The molecule has 0 radical (unpaired) electrons. The second-order valence-electron chi connectivity index (χ2n) is 7.30. The van der Waals surface area contributed by atoms with E-state index >= 15 is 0 Å². The van der Waals surface area contributed by atoms with Crippen LogP contribution >= 0.6 is 0 Å². The number of methoxy groups -OCH3 is 1. The molecule has 33 heavy (non-hydrogen) atoms. The summed E-state index contributed by atoms with van der Waals surface area (Å²) in [5.41, 5.74) is 4.57. The zero-order chi connectivity index (χ0) is 23.8. The van der Waals surface area contributed by atoms with Gasteiger partial charge in [0.05, 0.1) is 35.7 Å². The first kappa shape index (κ1) is 23.5. The maximum Gasteiger partial charge on any atom is 0.338 e. The molecule has 0 N–H and O–H groups in total. The Morgan fingerprint density at radius 1 is 1.03 bits per heavy atom. The Labute approximate surface area is 192 Å². The van der Waals surface area contributed by atoms with Crippen molar-refractivity contribution >= 4 is 11.9 Å². The molecule has 0 saturated carbocycles. The Hall–Kier alpha value is -4.12. The van der Waals surface area contributed by atoms with Crippen LogP contribution in [0.5, 0.6) is 5.75 Å². The van der Waals surface area contributed by atoms with E-state index in [0.29, 0.717) is 29.7 Å². The molecule has 0 bridgehead atoms. The number of carbonyl (C=O) groups is 2. The Balaban J connectivity index is 1.55. The number of rotatable bonds is 9. The number of hydrogen-bond acceptors (Lipinski definition) is 7. The maximum atomic E-state index is 12.3. The molecule has 0 amide bonds. The van der Waals surface area contributed by atoms with Crippen LogP contribution in [0.15, 0.2) is 48.5 Å². The molecule has 1 heterocycles. The van der Waals surface area contributed by atoms with Crippen LogP contribution in [0.3, 0.4) is 0 Å². The summed E-state index contributed by atoms with van der Waals surface area (Å²) >= 11 is 0. The smallest absolute Gasteiger partial charge is 0.338 e. The normalized spacial score (nSPS) is 10.4. The molecule has 0 aliphatic heterocycles. The highest BCUT2D eigenvalue weighted by atomic mass is 16.6. The fourth-order valence-electron chi connectivity index (χ4n) is 3.36. The predicted molar refractivity (Wildman–Crippen MR) is 120 cm³/mol. The van der Waals surface area contributed by atoms with E-state index in [2.05, 4.69) is 5.10 Å². The number of ether oxygens (including phenoxy) is 3. The van der Waals surface area contributed by atoms with E-state index in [1.165, 1.54) is 7.11 Å². The minimum absolute atomic E-state index is 0.0988. The number of aromatic nitrogens is 2. The molecular weight excluding hydrogens is 422 g/mol. The molecule has 0 aliphatic rings. The summed E-state index contributed by atoms with van der Waals surface area (Å²) in [6, 6.07) is 15.7. The third-order valence-corrected chi connectivity index (χ3v) is 5.16. The van der Waals surface area contributed by atoms with Gasteiger partial charge in [0.15, 0.2) is 0 Å². The average molecular weight is 447 g/mol. The molecule has 0 aliphatic carbocycles. The van der Waals surface area contributed by atoms with Crippen molar-refractivity contribution < 1.29 is 23.8 Å². The average Bonchev–Trinajstić information content (AvgIpc) is 3.13. The van der Waals surface area contributed by atoms with Gasteiger partial charge in [0.2, 0.25) is 0 Å². The zero-order valence-electron chi connectivity index (χ0n) is 18.8. The molecule has 8 nitrogen and oxygen atoms in total. The summed E-state index contributed by atoms with van der Waals surface area (Å²) in [6.45, 7) is 4.15. The van der Waals surface area contributed by atoms with Gasteiger partial charge in [-0.15, -0.1) is 0 Å².